The topological polar surface area (TPSA) is 32.3 Å². The van der Waals surface area contributed by atoms with Crippen LogP contribution in [0.3, 0.4) is 0 Å². The minimum absolute atomic E-state index is 0.0724. The fourth-order valence-electron chi connectivity index (χ4n) is 4.00. The Morgan fingerprint density at radius 3 is 2.04 bits per heavy atom. The van der Waals surface area contributed by atoms with Crippen LogP contribution in [0.15, 0.2) is 48.5 Å². The highest BCUT2D eigenvalue weighted by atomic mass is 35.5. The lowest BCUT2D eigenvalue weighted by Crippen LogP contribution is -2.52. The maximum Gasteiger partial charge on any atom is 0.0709 e. The highest BCUT2D eigenvalue weighted by Gasteiger charge is 2.45. The molecule has 4 atom stereocenters. The van der Waals surface area contributed by atoms with Gasteiger partial charge in [-0.25, -0.2) is 0 Å². The van der Waals surface area contributed by atoms with Gasteiger partial charge in [-0.15, -0.1) is 0 Å². The Bertz CT molecular complexity index is 701. The first-order valence-corrected chi connectivity index (χ1v) is 9.68. The lowest BCUT2D eigenvalue weighted by atomic mass is 9.70. The molecule has 1 heterocycles. The van der Waals surface area contributed by atoms with Crippen molar-refractivity contribution < 1.29 is 5.11 Å². The molecule has 2 aromatic carbocycles. The van der Waals surface area contributed by atoms with Crippen molar-refractivity contribution in [2.24, 2.45) is 5.92 Å². The average Bonchev–Trinajstić information content (AvgIpc) is 2.59. The van der Waals surface area contributed by atoms with Crippen LogP contribution in [0.5, 0.6) is 0 Å². The number of piperidine rings is 1. The number of benzene rings is 2. The molecule has 0 amide bonds. The third kappa shape index (κ3) is 4.03. The van der Waals surface area contributed by atoms with Crippen LogP contribution in [-0.2, 0) is 0 Å². The lowest BCUT2D eigenvalue weighted by molar-refractivity contribution is -0.0743. The molecule has 2 N–H and O–H groups in total. The van der Waals surface area contributed by atoms with Gasteiger partial charge in [0.15, 0.2) is 0 Å². The molecule has 0 unspecified atom stereocenters. The van der Waals surface area contributed by atoms with Crippen molar-refractivity contribution in [3.05, 3.63) is 69.7 Å². The van der Waals surface area contributed by atoms with Gasteiger partial charge >= 0.3 is 0 Å². The van der Waals surface area contributed by atoms with Gasteiger partial charge in [0.2, 0.25) is 0 Å². The Labute approximate surface area is 160 Å². The van der Waals surface area contributed by atoms with Crippen LogP contribution >= 0.6 is 23.2 Å². The first-order chi connectivity index (χ1) is 11.9. The molecule has 1 aliphatic rings. The molecule has 1 saturated heterocycles. The van der Waals surface area contributed by atoms with Gasteiger partial charge in [-0.05, 0) is 48.2 Å². The fourth-order valence-corrected chi connectivity index (χ4v) is 4.25. The maximum absolute atomic E-state index is 11.4. The van der Waals surface area contributed by atoms with E-state index in [-0.39, 0.29) is 18.0 Å². The molecule has 1 aliphatic heterocycles. The second-order valence-electron chi connectivity index (χ2n) is 7.15. The van der Waals surface area contributed by atoms with E-state index in [1.54, 1.807) is 0 Å². The monoisotopic (exact) mass is 377 g/mol. The number of rotatable bonds is 4. The molecular formula is C21H25Cl2NO. The van der Waals surface area contributed by atoms with Crippen LogP contribution in [0.4, 0.5) is 0 Å². The number of nitrogens with one attached hydrogen (secondary N) is 1. The van der Waals surface area contributed by atoms with Crippen molar-refractivity contribution in [1.29, 1.82) is 0 Å². The van der Waals surface area contributed by atoms with E-state index in [1.165, 1.54) is 0 Å². The number of hydrogen-bond donors (Lipinski definition) is 2. The molecule has 0 saturated carbocycles. The highest BCUT2D eigenvalue weighted by molar-refractivity contribution is 6.30. The minimum Gasteiger partial charge on any atom is -0.389 e. The summed E-state index contributed by atoms with van der Waals surface area (Å²) < 4.78 is 0. The SMILES string of the molecule is CCC[C@]1(O)C[C@@H](c2ccc(Cl)cc2)N[C@@H](c2ccc(Cl)cc2)[C@@H]1C. The molecule has 25 heavy (non-hydrogen) atoms. The molecule has 0 bridgehead atoms. The molecule has 0 aliphatic carbocycles. The molecular weight excluding hydrogens is 353 g/mol. The molecule has 1 fully saturated rings. The summed E-state index contributed by atoms with van der Waals surface area (Å²) in [5.74, 6) is 0.108. The molecule has 0 spiro atoms. The standard InChI is InChI=1S/C21H25Cl2NO/c1-3-12-21(25)13-19(15-4-8-17(22)9-5-15)24-20(14(21)2)16-6-10-18(23)11-7-16/h4-11,14,19-20,24-25H,3,12-13H2,1-2H3/t14-,19-,20+,21-/m0/s1. The molecule has 4 heteroatoms. The second-order valence-corrected chi connectivity index (χ2v) is 8.02. The van der Waals surface area contributed by atoms with E-state index in [1.807, 2.05) is 48.5 Å². The van der Waals surface area contributed by atoms with E-state index in [9.17, 15) is 5.11 Å². The van der Waals surface area contributed by atoms with Crippen LogP contribution < -0.4 is 5.32 Å². The molecule has 0 aromatic heterocycles. The van der Waals surface area contributed by atoms with Gasteiger partial charge in [0.1, 0.15) is 0 Å². The minimum atomic E-state index is -0.700. The summed E-state index contributed by atoms with van der Waals surface area (Å²) >= 11 is 12.1. The zero-order valence-corrected chi connectivity index (χ0v) is 16.2. The van der Waals surface area contributed by atoms with Crippen molar-refractivity contribution in [2.75, 3.05) is 0 Å². The first-order valence-electron chi connectivity index (χ1n) is 8.92. The summed E-state index contributed by atoms with van der Waals surface area (Å²) in [7, 11) is 0. The quantitative estimate of drug-likeness (QED) is 0.690. The van der Waals surface area contributed by atoms with Gasteiger partial charge < -0.3 is 10.4 Å². The largest absolute Gasteiger partial charge is 0.389 e. The maximum atomic E-state index is 11.4. The van der Waals surface area contributed by atoms with Gasteiger partial charge in [0.05, 0.1) is 5.60 Å². The molecule has 2 aromatic rings. The van der Waals surface area contributed by atoms with E-state index in [4.69, 9.17) is 23.2 Å². The summed E-state index contributed by atoms with van der Waals surface area (Å²) in [6, 6.07) is 16.0. The third-order valence-corrected chi connectivity index (χ3v) is 5.97. The Kier molecular flexibility index (Phi) is 5.75. The van der Waals surface area contributed by atoms with Gasteiger partial charge in [-0.3, -0.25) is 0 Å². The Morgan fingerprint density at radius 2 is 1.52 bits per heavy atom. The summed E-state index contributed by atoms with van der Waals surface area (Å²) in [6.07, 6.45) is 2.46. The normalized spacial score (nSPS) is 29.6. The van der Waals surface area contributed by atoms with E-state index < -0.39 is 5.60 Å². The van der Waals surface area contributed by atoms with Crippen molar-refractivity contribution in [2.45, 2.75) is 50.8 Å². The van der Waals surface area contributed by atoms with Crippen LogP contribution in [0, 0.1) is 5.92 Å². The van der Waals surface area contributed by atoms with Gasteiger partial charge in [0, 0.05) is 28.0 Å². The zero-order chi connectivity index (χ0) is 18.0. The molecule has 3 rings (SSSR count). The zero-order valence-electron chi connectivity index (χ0n) is 14.7. The van der Waals surface area contributed by atoms with E-state index >= 15 is 0 Å². The van der Waals surface area contributed by atoms with Crippen LogP contribution in [0.2, 0.25) is 10.0 Å². The fraction of sp³-hybridized carbons (Fsp3) is 0.429. The predicted molar refractivity (Wildman–Crippen MR) is 105 cm³/mol. The summed E-state index contributed by atoms with van der Waals surface area (Å²) in [6.45, 7) is 4.27. The first kappa shape index (κ1) is 18.7. The predicted octanol–water partition coefficient (Wildman–Crippen LogP) is 5.94. The molecule has 134 valence electrons. The Hall–Kier alpha value is -1.06. The van der Waals surface area contributed by atoms with Crippen molar-refractivity contribution in [1.82, 2.24) is 5.32 Å². The highest BCUT2D eigenvalue weighted by Crippen LogP contribution is 2.45. The van der Waals surface area contributed by atoms with E-state index in [0.717, 1.165) is 34.0 Å². The summed E-state index contributed by atoms with van der Waals surface area (Å²) in [5, 5.41) is 16.6. The number of aliphatic hydroxyl groups is 1. The van der Waals surface area contributed by atoms with E-state index in [2.05, 4.69) is 19.2 Å². The van der Waals surface area contributed by atoms with Gasteiger partial charge in [-0.2, -0.15) is 0 Å². The van der Waals surface area contributed by atoms with Crippen LogP contribution in [0.1, 0.15) is 56.3 Å². The van der Waals surface area contributed by atoms with Crippen molar-refractivity contribution >= 4 is 23.2 Å². The van der Waals surface area contributed by atoms with Gasteiger partial charge in [-0.1, -0.05) is 67.7 Å². The third-order valence-electron chi connectivity index (χ3n) is 5.47. The summed E-state index contributed by atoms with van der Waals surface area (Å²) in [4.78, 5) is 0. The number of hydrogen-bond acceptors (Lipinski definition) is 2. The van der Waals surface area contributed by atoms with E-state index in [0.29, 0.717) is 6.42 Å². The van der Waals surface area contributed by atoms with Crippen molar-refractivity contribution in [3.63, 3.8) is 0 Å². The summed E-state index contributed by atoms with van der Waals surface area (Å²) in [5.41, 5.74) is 1.61. The Balaban J connectivity index is 1.95. The van der Waals surface area contributed by atoms with Crippen molar-refractivity contribution in [3.8, 4) is 0 Å². The molecule has 0 radical (unpaired) electrons. The lowest BCUT2D eigenvalue weighted by Gasteiger charge is -2.48. The second kappa shape index (κ2) is 7.67. The Morgan fingerprint density at radius 1 is 1.00 bits per heavy atom. The number of halogens is 2. The molecule has 2 nitrogen and oxygen atoms in total. The smallest absolute Gasteiger partial charge is 0.0709 e. The van der Waals surface area contributed by atoms with Gasteiger partial charge in [0.25, 0.3) is 0 Å². The van der Waals surface area contributed by atoms with Crippen LogP contribution in [-0.4, -0.2) is 10.7 Å². The average molecular weight is 378 g/mol. The van der Waals surface area contributed by atoms with Crippen LogP contribution in [0.25, 0.3) is 0 Å².